The highest BCUT2D eigenvalue weighted by Crippen LogP contribution is 2.31. The minimum atomic E-state index is -3.50. The van der Waals surface area contributed by atoms with E-state index >= 15 is 0 Å². The van der Waals surface area contributed by atoms with Gasteiger partial charge in [0.15, 0.2) is 0 Å². The molecule has 0 spiro atoms. The summed E-state index contributed by atoms with van der Waals surface area (Å²) in [5.74, 6) is 0.481. The van der Waals surface area contributed by atoms with Crippen LogP contribution in [-0.2, 0) is 15.4 Å². The van der Waals surface area contributed by atoms with Crippen molar-refractivity contribution in [3.8, 4) is 0 Å². The number of hydrogen-bond donors (Lipinski definition) is 2. The molecule has 2 rings (SSSR count). The molecule has 1 aromatic rings. The van der Waals surface area contributed by atoms with Crippen molar-refractivity contribution in [2.75, 3.05) is 6.54 Å². The molecule has 1 atom stereocenters. The minimum absolute atomic E-state index is 0.0779. The standard InChI is InChI=1S/C16H26N2O2S/c1-11-5-8-13(16(2,3)4)9-15(11)21(19,20)18-10-14(17)12-6-7-12/h5,8-9,12,14,18H,6-7,10,17H2,1-4H3. The van der Waals surface area contributed by atoms with Gasteiger partial charge in [-0.2, -0.15) is 0 Å². The Labute approximate surface area is 128 Å². The van der Waals surface area contributed by atoms with Crippen LogP contribution < -0.4 is 10.5 Å². The second-order valence-electron chi connectivity index (χ2n) is 7.08. The Balaban J connectivity index is 2.22. The molecule has 5 heteroatoms. The summed E-state index contributed by atoms with van der Waals surface area (Å²) in [6, 6.07) is 5.56. The lowest BCUT2D eigenvalue weighted by atomic mass is 9.87. The molecule has 0 saturated heterocycles. The molecule has 0 heterocycles. The molecule has 3 N–H and O–H groups in total. The van der Waals surface area contributed by atoms with E-state index in [1.807, 2.05) is 19.1 Å². The van der Waals surface area contributed by atoms with Crippen LogP contribution in [0.5, 0.6) is 0 Å². The van der Waals surface area contributed by atoms with Crippen LogP contribution in [0.4, 0.5) is 0 Å². The molecular weight excluding hydrogens is 284 g/mol. The van der Waals surface area contributed by atoms with Crippen molar-refractivity contribution in [1.29, 1.82) is 0 Å². The van der Waals surface area contributed by atoms with Gasteiger partial charge in [-0.05, 0) is 48.3 Å². The van der Waals surface area contributed by atoms with Gasteiger partial charge in [-0.15, -0.1) is 0 Å². The maximum absolute atomic E-state index is 12.5. The monoisotopic (exact) mass is 310 g/mol. The number of aryl methyl sites for hydroxylation is 1. The van der Waals surface area contributed by atoms with Crippen LogP contribution in [0, 0.1) is 12.8 Å². The lowest BCUT2D eigenvalue weighted by Crippen LogP contribution is -2.38. The maximum Gasteiger partial charge on any atom is 0.240 e. The van der Waals surface area contributed by atoms with Crippen LogP contribution >= 0.6 is 0 Å². The SMILES string of the molecule is Cc1ccc(C(C)(C)C)cc1S(=O)(=O)NCC(N)C1CC1. The van der Waals surface area contributed by atoms with Crippen molar-refractivity contribution in [2.45, 2.75) is 56.9 Å². The van der Waals surface area contributed by atoms with Gasteiger partial charge in [0.2, 0.25) is 10.0 Å². The Morgan fingerprint density at radius 1 is 1.33 bits per heavy atom. The normalized spacial score (nSPS) is 17.8. The Hall–Kier alpha value is -0.910. The molecule has 0 radical (unpaired) electrons. The first-order valence-corrected chi connectivity index (χ1v) is 8.96. The number of sulfonamides is 1. The molecular formula is C16H26N2O2S. The Morgan fingerprint density at radius 2 is 1.95 bits per heavy atom. The van der Waals surface area contributed by atoms with Gasteiger partial charge in [-0.1, -0.05) is 32.9 Å². The molecule has 1 unspecified atom stereocenters. The molecule has 0 aliphatic heterocycles. The van der Waals surface area contributed by atoms with Crippen molar-refractivity contribution < 1.29 is 8.42 Å². The summed E-state index contributed by atoms with van der Waals surface area (Å²) in [7, 11) is -3.50. The number of nitrogens with one attached hydrogen (secondary N) is 1. The maximum atomic E-state index is 12.5. The predicted molar refractivity (Wildman–Crippen MR) is 85.8 cm³/mol. The lowest BCUT2D eigenvalue weighted by Gasteiger charge is -2.21. The van der Waals surface area contributed by atoms with Gasteiger partial charge in [-0.3, -0.25) is 0 Å². The van der Waals surface area contributed by atoms with E-state index in [2.05, 4.69) is 25.5 Å². The van der Waals surface area contributed by atoms with E-state index in [9.17, 15) is 8.42 Å². The van der Waals surface area contributed by atoms with Gasteiger partial charge in [-0.25, -0.2) is 13.1 Å². The summed E-state index contributed by atoms with van der Waals surface area (Å²) >= 11 is 0. The Morgan fingerprint density at radius 3 is 2.48 bits per heavy atom. The van der Waals surface area contributed by atoms with Crippen LogP contribution in [0.25, 0.3) is 0 Å². The number of rotatable bonds is 5. The van der Waals surface area contributed by atoms with Gasteiger partial charge in [0.1, 0.15) is 0 Å². The van der Waals surface area contributed by atoms with E-state index in [4.69, 9.17) is 5.73 Å². The zero-order valence-electron chi connectivity index (χ0n) is 13.3. The van der Waals surface area contributed by atoms with Crippen LogP contribution in [0.15, 0.2) is 23.1 Å². The third-order valence-corrected chi connectivity index (χ3v) is 5.65. The second-order valence-corrected chi connectivity index (χ2v) is 8.82. The first-order valence-electron chi connectivity index (χ1n) is 7.47. The highest BCUT2D eigenvalue weighted by Gasteiger charge is 2.30. The number of hydrogen-bond acceptors (Lipinski definition) is 3. The Kier molecular flexibility index (Phi) is 4.47. The topological polar surface area (TPSA) is 72.2 Å². The Bertz CT molecular complexity index is 614. The second kappa shape index (κ2) is 5.71. The van der Waals surface area contributed by atoms with E-state index in [-0.39, 0.29) is 11.5 Å². The molecule has 4 nitrogen and oxygen atoms in total. The fourth-order valence-corrected chi connectivity index (χ4v) is 3.67. The first-order chi connectivity index (χ1) is 9.61. The van der Waals surface area contributed by atoms with Crippen LogP contribution in [0.2, 0.25) is 0 Å². The molecule has 118 valence electrons. The van der Waals surface area contributed by atoms with E-state index in [0.29, 0.717) is 17.4 Å². The average molecular weight is 310 g/mol. The fourth-order valence-electron chi connectivity index (χ4n) is 2.33. The van der Waals surface area contributed by atoms with Crippen LogP contribution in [-0.4, -0.2) is 21.0 Å². The largest absolute Gasteiger partial charge is 0.326 e. The van der Waals surface area contributed by atoms with E-state index < -0.39 is 10.0 Å². The molecule has 21 heavy (non-hydrogen) atoms. The summed E-state index contributed by atoms with van der Waals surface area (Å²) in [5, 5.41) is 0. The molecule has 1 aliphatic rings. The summed E-state index contributed by atoms with van der Waals surface area (Å²) in [6.07, 6.45) is 2.23. The first kappa shape index (κ1) is 16.5. The third kappa shape index (κ3) is 4.05. The highest BCUT2D eigenvalue weighted by molar-refractivity contribution is 7.89. The third-order valence-electron chi connectivity index (χ3n) is 4.08. The van der Waals surface area contributed by atoms with Gasteiger partial charge >= 0.3 is 0 Å². The van der Waals surface area contributed by atoms with Crippen molar-refractivity contribution in [3.05, 3.63) is 29.3 Å². The molecule has 1 aliphatic carbocycles. The summed E-state index contributed by atoms with van der Waals surface area (Å²) in [5.41, 5.74) is 7.67. The van der Waals surface area contributed by atoms with Crippen molar-refractivity contribution in [3.63, 3.8) is 0 Å². The molecule has 1 saturated carbocycles. The quantitative estimate of drug-likeness (QED) is 0.876. The average Bonchev–Trinajstić information content (AvgIpc) is 3.19. The number of benzene rings is 1. The molecule has 0 amide bonds. The summed E-state index contributed by atoms with van der Waals surface area (Å²) < 4.78 is 27.7. The van der Waals surface area contributed by atoms with Gasteiger partial charge in [0, 0.05) is 12.6 Å². The van der Waals surface area contributed by atoms with Gasteiger partial charge in [0.05, 0.1) is 4.90 Å². The lowest BCUT2D eigenvalue weighted by molar-refractivity contribution is 0.546. The van der Waals surface area contributed by atoms with Gasteiger partial charge < -0.3 is 5.73 Å². The van der Waals surface area contributed by atoms with E-state index in [1.165, 1.54) is 0 Å². The van der Waals surface area contributed by atoms with Gasteiger partial charge in [0.25, 0.3) is 0 Å². The van der Waals surface area contributed by atoms with Crippen LogP contribution in [0.1, 0.15) is 44.7 Å². The van der Waals surface area contributed by atoms with Crippen molar-refractivity contribution in [2.24, 2.45) is 11.7 Å². The molecule has 1 fully saturated rings. The van der Waals surface area contributed by atoms with Crippen LogP contribution in [0.3, 0.4) is 0 Å². The smallest absolute Gasteiger partial charge is 0.240 e. The van der Waals surface area contributed by atoms with Crippen molar-refractivity contribution >= 4 is 10.0 Å². The van der Waals surface area contributed by atoms with Crippen molar-refractivity contribution in [1.82, 2.24) is 4.72 Å². The zero-order chi connectivity index (χ0) is 15.8. The molecule has 1 aromatic carbocycles. The highest BCUT2D eigenvalue weighted by atomic mass is 32.2. The minimum Gasteiger partial charge on any atom is -0.326 e. The molecule has 0 aromatic heterocycles. The van der Waals surface area contributed by atoms with E-state index in [0.717, 1.165) is 24.0 Å². The number of nitrogens with two attached hydrogens (primary N) is 1. The summed E-state index contributed by atoms with van der Waals surface area (Å²) in [6.45, 7) is 8.35. The summed E-state index contributed by atoms with van der Waals surface area (Å²) in [4.78, 5) is 0.359. The van der Waals surface area contributed by atoms with E-state index in [1.54, 1.807) is 6.07 Å². The fraction of sp³-hybridized carbons (Fsp3) is 0.625. The molecule has 0 bridgehead atoms. The zero-order valence-corrected chi connectivity index (χ0v) is 14.1. The predicted octanol–water partition coefficient (Wildman–Crippen LogP) is 2.31.